The summed E-state index contributed by atoms with van der Waals surface area (Å²) in [5.41, 5.74) is -1.94. The van der Waals surface area contributed by atoms with Crippen molar-refractivity contribution in [2.75, 3.05) is 0 Å². The highest BCUT2D eigenvalue weighted by atomic mass is 19.4. The van der Waals surface area contributed by atoms with Crippen molar-refractivity contribution in [3.05, 3.63) is 47.0 Å². The number of aromatic nitrogens is 2. The van der Waals surface area contributed by atoms with E-state index in [9.17, 15) is 22.4 Å². The number of carboxylic acid groups (broad SMARTS) is 1. The van der Waals surface area contributed by atoms with Gasteiger partial charge in [-0.1, -0.05) is 0 Å². The van der Waals surface area contributed by atoms with E-state index < -0.39 is 30.1 Å². The van der Waals surface area contributed by atoms with E-state index in [1.807, 2.05) is 0 Å². The molecule has 9 heteroatoms. The number of rotatable bonds is 3. The summed E-state index contributed by atoms with van der Waals surface area (Å²) in [4.78, 5) is 10.8. The number of aliphatic carboxylic acids is 1. The molecule has 0 atom stereocenters. The van der Waals surface area contributed by atoms with E-state index in [-0.39, 0.29) is 16.9 Å². The third-order valence-corrected chi connectivity index (χ3v) is 2.72. The Kier molecular flexibility index (Phi) is 3.86. The molecule has 0 radical (unpaired) electrons. The highest BCUT2D eigenvalue weighted by Gasteiger charge is 2.35. The van der Waals surface area contributed by atoms with Gasteiger partial charge in [-0.15, -0.1) is 0 Å². The van der Waals surface area contributed by atoms with Crippen LogP contribution < -0.4 is 0 Å². The van der Waals surface area contributed by atoms with Crippen molar-refractivity contribution in [2.24, 2.45) is 0 Å². The summed E-state index contributed by atoms with van der Waals surface area (Å²) in [5, 5.41) is 20.8. The van der Waals surface area contributed by atoms with Crippen molar-refractivity contribution >= 4 is 5.97 Å². The molecule has 0 saturated heterocycles. The molecular weight excluding hydrogens is 306 g/mol. The van der Waals surface area contributed by atoms with Gasteiger partial charge in [0.1, 0.15) is 11.9 Å². The lowest BCUT2D eigenvalue weighted by atomic mass is 10.2. The summed E-state index contributed by atoms with van der Waals surface area (Å²) in [7, 11) is 0. The number of halogens is 4. The number of hydrogen-bond acceptors (Lipinski definition) is 3. The predicted octanol–water partition coefficient (Wildman–Crippen LogP) is 2.53. The standard InChI is InChI=1S/C13H7F4N3O2/c14-10-2-1-8(3-7(10)6-18)20-9(5-12(21)22)4-11(19-20)13(15,16)17/h1-4H,5H2,(H,21,22). The van der Waals surface area contributed by atoms with Crippen LogP contribution in [0.15, 0.2) is 24.3 Å². The summed E-state index contributed by atoms with van der Waals surface area (Å²) in [6, 6.07) is 5.14. The molecule has 0 aliphatic heterocycles. The van der Waals surface area contributed by atoms with Gasteiger partial charge in [-0.3, -0.25) is 4.79 Å². The lowest BCUT2D eigenvalue weighted by Gasteiger charge is -2.07. The summed E-state index contributed by atoms with van der Waals surface area (Å²) in [5.74, 6) is -2.19. The number of carboxylic acids is 1. The minimum atomic E-state index is -4.75. The van der Waals surface area contributed by atoms with E-state index in [1.54, 1.807) is 6.07 Å². The van der Waals surface area contributed by atoms with Crippen LogP contribution in [-0.2, 0) is 17.4 Å². The van der Waals surface area contributed by atoms with E-state index in [4.69, 9.17) is 10.4 Å². The van der Waals surface area contributed by atoms with E-state index in [0.717, 1.165) is 22.9 Å². The van der Waals surface area contributed by atoms with E-state index in [1.165, 1.54) is 0 Å². The number of hydrogen-bond donors (Lipinski definition) is 1. The van der Waals surface area contributed by atoms with Crippen molar-refractivity contribution in [1.82, 2.24) is 9.78 Å². The normalized spacial score (nSPS) is 11.2. The molecule has 1 aromatic heterocycles. The maximum absolute atomic E-state index is 13.3. The Balaban J connectivity index is 2.60. The third-order valence-electron chi connectivity index (χ3n) is 2.72. The topological polar surface area (TPSA) is 78.9 Å². The number of nitriles is 1. The van der Waals surface area contributed by atoms with Crippen molar-refractivity contribution < 1.29 is 27.5 Å². The highest BCUT2D eigenvalue weighted by Crippen LogP contribution is 2.30. The Morgan fingerprint density at radius 2 is 2.05 bits per heavy atom. The van der Waals surface area contributed by atoms with Crippen LogP contribution in [0.1, 0.15) is 17.0 Å². The molecule has 0 bridgehead atoms. The molecule has 0 fully saturated rings. The van der Waals surface area contributed by atoms with Gasteiger partial charge >= 0.3 is 12.1 Å². The zero-order chi connectivity index (χ0) is 16.5. The molecule has 0 spiro atoms. The molecule has 1 heterocycles. The molecule has 114 valence electrons. The van der Waals surface area contributed by atoms with Crippen molar-refractivity contribution in [2.45, 2.75) is 12.6 Å². The fourth-order valence-corrected chi connectivity index (χ4v) is 1.79. The van der Waals surface area contributed by atoms with Gasteiger partial charge in [0, 0.05) is 0 Å². The van der Waals surface area contributed by atoms with Gasteiger partial charge < -0.3 is 5.11 Å². The molecule has 0 aliphatic rings. The summed E-state index contributed by atoms with van der Waals surface area (Å²) in [6.45, 7) is 0. The third kappa shape index (κ3) is 3.06. The van der Waals surface area contributed by atoms with E-state index >= 15 is 0 Å². The number of alkyl halides is 3. The first-order chi connectivity index (χ1) is 10.2. The summed E-state index contributed by atoms with van der Waals surface area (Å²) < 4.78 is 52.1. The van der Waals surface area contributed by atoms with Crippen LogP contribution in [-0.4, -0.2) is 20.9 Å². The fourth-order valence-electron chi connectivity index (χ4n) is 1.79. The van der Waals surface area contributed by atoms with Crippen LogP contribution in [0.25, 0.3) is 5.69 Å². The average molecular weight is 313 g/mol. The Morgan fingerprint density at radius 3 is 2.59 bits per heavy atom. The van der Waals surface area contributed by atoms with Crippen molar-refractivity contribution in [3.63, 3.8) is 0 Å². The van der Waals surface area contributed by atoms with Crippen LogP contribution >= 0.6 is 0 Å². The minimum absolute atomic E-state index is 0.0373. The fraction of sp³-hybridized carbons (Fsp3) is 0.154. The molecule has 5 nitrogen and oxygen atoms in total. The second-order valence-electron chi connectivity index (χ2n) is 4.28. The van der Waals surface area contributed by atoms with Gasteiger partial charge in [-0.2, -0.15) is 23.5 Å². The molecule has 1 N–H and O–H groups in total. The SMILES string of the molecule is N#Cc1cc(-n2nc(C(F)(F)F)cc2CC(=O)O)ccc1F. The molecule has 2 rings (SSSR count). The summed E-state index contributed by atoms with van der Waals surface area (Å²) >= 11 is 0. The van der Waals surface area contributed by atoms with Gasteiger partial charge in [-0.25, -0.2) is 9.07 Å². The Hall–Kier alpha value is -2.89. The van der Waals surface area contributed by atoms with Crippen LogP contribution in [0.5, 0.6) is 0 Å². The van der Waals surface area contributed by atoms with Crippen LogP contribution in [0.2, 0.25) is 0 Å². The van der Waals surface area contributed by atoms with Crippen LogP contribution in [0.3, 0.4) is 0 Å². The van der Waals surface area contributed by atoms with Crippen molar-refractivity contribution in [3.8, 4) is 11.8 Å². The molecule has 0 saturated carbocycles. The van der Waals surface area contributed by atoms with Gasteiger partial charge in [0.25, 0.3) is 0 Å². The smallest absolute Gasteiger partial charge is 0.435 e. The molecule has 0 unspecified atom stereocenters. The predicted molar refractivity (Wildman–Crippen MR) is 64.6 cm³/mol. The molecule has 1 aromatic carbocycles. The zero-order valence-electron chi connectivity index (χ0n) is 10.7. The molecule has 22 heavy (non-hydrogen) atoms. The lowest BCUT2D eigenvalue weighted by molar-refractivity contribution is -0.141. The van der Waals surface area contributed by atoms with Crippen molar-refractivity contribution in [1.29, 1.82) is 5.26 Å². The largest absolute Gasteiger partial charge is 0.481 e. The number of benzene rings is 1. The maximum Gasteiger partial charge on any atom is 0.435 e. The van der Waals surface area contributed by atoms with Gasteiger partial charge in [0.05, 0.1) is 23.4 Å². The highest BCUT2D eigenvalue weighted by molar-refractivity contribution is 5.70. The Morgan fingerprint density at radius 1 is 1.36 bits per heavy atom. The van der Waals surface area contributed by atoms with Gasteiger partial charge in [-0.05, 0) is 24.3 Å². The second kappa shape index (κ2) is 5.48. The first-order valence-corrected chi connectivity index (χ1v) is 5.80. The van der Waals surface area contributed by atoms with Gasteiger partial charge in [0.2, 0.25) is 0 Å². The maximum atomic E-state index is 13.3. The molecular formula is C13H7F4N3O2. The minimum Gasteiger partial charge on any atom is -0.481 e. The average Bonchev–Trinajstić information content (AvgIpc) is 2.82. The Labute approximate surface area is 121 Å². The first-order valence-electron chi connectivity index (χ1n) is 5.80. The molecule has 0 aliphatic carbocycles. The van der Waals surface area contributed by atoms with E-state index in [0.29, 0.717) is 6.07 Å². The number of carbonyl (C=O) groups is 1. The lowest BCUT2D eigenvalue weighted by Crippen LogP contribution is -2.09. The first kappa shape index (κ1) is 15.5. The zero-order valence-corrected chi connectivity index (χ0v) is 10.7. The Bertz CT molecular complexity index is 775. The monoisotopic (exact) mass is 313 g/mol. The second-order valence-corrected chi connectivity index (χ2v) is 4.28. The van der Waals surface area contributed by atoms with E-state index in [2.05, 4.69) is 5.10 Å². The summed E-state index contributed by atoms with van der Waals surface area (Å²) in [6.07, 6.45) is -5.46. The molecule has 0 amide bonds. The molecule has 2 aromatic rings. The van der Waals surface area contributed by atoms with Crippen LogP contribution in [0.4, 0.5) is 17.6 Å². The number of nitrogens with zero attached hydrogens (tertiary/aromatic N) is 3. The quantitative estimate of drug-likeness (QED) is 0.883. The van der Waals surface area contributed by atoms with Crippen LogP contribution in [0, 0.1) is 17.1 Å². The van der Waals surface area contributed by atoms with Gasteiger partial charge in [0.15, 0.2) is 5.69 Å².